The maximum atomic E-state index is 15.2. The van der Waals surface area contributed by atoms with Crippen LogP contribution in [0, 0.1) is 12.7 Å². The average molecular weight is 410 g/mol. The van der Waals surface area contributed by atoms with Gasteiger partial charge in [0.15, 0.2) is 0 Å². The van der Waals surface area contributed by atoms with Crippen molar-refractivity contribution in [1.82, 2.24) is 19.7 Å². The van der Waals surface area contributed by atoms with Crippen LogP contribution < -0.4 is 0 Å². The van der Waals surface area contributed by atoms with Gasteiger partial charge in [0, 0.05) is 42.3 Å². The highest BCUT2D eigenvalue weighted by Crippen LogP contribution is 2.35. The molecule has 3 heterocycles. The molecule has 0 spiro atoms. The van der Waals surface area contributed by atoms with Crippen molar-refractivity contribution in [3.05, 3.63) is 83.1 Å². The van der Waals surface area contributed by atoms with Gasteiger partial charge in [0.1, 0.15) is 21.5 Å². The summed E-state index contributed by atoms with van der Waals surface area (Å²) in [4.78, 5) is 19.0. The zero-order valence-corrected chi connectivity index (χ0v) is 18.0. The monoisotopic (exact) mass is 410 g/mol. The number of hydrogen-bond donors (Lipinski definition) is 0. The van der Waals surface area contributed by atoms with Crippen molar-refractivity contribution >= 4 is 32.5 Å². The Balaban J connectivity index is 1.49. The third-order valence-electron chi connectivity index (χ3n) is 6.20. The molecule has 1 aliphatic heterocycles. The highest BCUT2D eigenvalue weighted by atomic mass is 19.1. The van der Waals surface area contributed by atoms with Crippen molar-refractivity contribution < 1.29 is 9.18 Å². The molecule has 0 aliphatic carbocycles. The van der Waals surface area contributed by atoms with Gasteiger partial charge in [-0.05, 0) is 53.9 Å². The smallest absolute Gasteiger partial charge is 0.255 e. The van der Waals surface area contributed by atoms with Crippen LogP contribution in [-0.2, 0) is 18.9 Å². The van der Waals surface area contributed by atoms with E-state index in [9.17, 15) is 4.79 Å². The van der Waals surface area contributed by atoms with Crippen molar-refractivity contribution in [3.63, 3.8) is 0 Å². The van der Waals surface area contributed by atoms with Gasteiger partial charge < -0.3 is 4.90 Å². The Bertz CT molecular complexity index is 1370. The fraction of sp³-hybridized carbons (Fsp3) is 0.174. The molecular formula is C23H21B2FN4O. The summed E-state index contributed by atoms with van der Waals surface area (Å²) in [5.41, 5.74) is 5.54. The summed E-state index contributed by atoms with van der Waals surface area (Å²) in [5, 5.41) is 4.86. The van der Waals surface area contributed by atoms with Crippen LogP contribution in [0.15, 0.2) is 54.9 Å². The van der Waals surface area contributed by atoms with Gasteiger partial charge >= 0.3 is 0 Å². The summed E-state index contributed by atoms with van der Waals surface area (Å²) in [6.07, 6.45) is 3.64. The molecule has 0 radical (unpaired) electrons. The molecule has 1 aliphatic rings. The fourth-order valence-electron chi connectivity index (χ4n) is 4.49. The topological polar surface area (TPSA) is 51.0 Å². The highest BCUT2D eigenvalue weighted by Gasteiger charge is 2.43. The quantitative estimate of drug-likeness (QED) is 0.487. The van der Waals surface area contributed by atoms with E-state index in [1.807, 2.05) is 54.1 Å². The first-order chi connectivity index (χ1) is 14.8. The number of aryl methyl sites for hydroxylation is 2. The molecule has 0 saturated heterocycles. The number of pyridine rings is 1. The van der Waals surface area contributed by atoms with Crippen LogP contribution in [-0.4, -0.2) is 41.3 Å². The molecule has 2 aromatic carbocycles. The Morgan fingerprint density at radius 2 is 1.94 bits per heavy atom. The van der Waals surface area contributed by atoms with E-state index < -0.39 is 5.34 Å². The Morgan fingerprint density at radius 1 is 1.13 bits per heavy atom. The first kappa shape index (κ1) is 19.5. The minimum atomic E-state index is -0.597. The standard InChI is InChI=1S/C23H21B2FN4O/c1-13-8-20-16(11-29(2)28-20)9-18(13)14-5-6-15(19(26)10-14)12-30-22(31)17-4-3-7-27-21(17)23(30,24)25/h3-11H,12,24-25H2,1-2H3. The molecule has 1 amide bonds. The van der Waals surface area contributed by atoms with E-state index in [1.165, 1.54) is 0 Å². The second kappa shape index (κ2) is 6.80. The van der Waals surface area contributed by atoms with Gasteiger partial charge in [0.25, 0.3) is 5.91 Å². The number of carbonyl (C=O) groups excluding carboxylic acids is 1. The van der Waals surface area contributed by atoms with E-state index in [2.05, 4.69) is 10.1 Å². The van der Waals surface area contributed by atoms with Gasteiger partial charge in [0.2, 0.25) is 0 Å². The maximum Gasteiger partial charge on any atom is 0.255 e. The molecule has 0 atom stereocenters. The first-order valence-electron chi connectivity index (χ1n) is 10.3. The molecule has 5 rings (SSSR count). The van der Waals surface area contributed by atoms with Gasteiger partial charge in [-0.15, -0.1) is 0 Å². The van der Waals surface area contributed by atoms with Gasteiger partial charge in [-0.2, -0.15) is 5.10 Å². The molecule has 152 valence electrons. The zero-order chi connectivity index (χ0) is 21.9. The van der Waals surface area contributed by atoms with Gasteiger partial charge in [-0.1, -0.05) is 12.1 Å². The summed E-state index contributed by atoms with van der Waals surface area (Å²) in [7, 11) is 5.78. The largest absolute Gasteiger partial charge is 0.339 e. The lowest BCUT2D eigenvalue weighted by Crippen LogP contribution is -2.44. The van der Waals surface area contributed by atoms with E-state index in [1.54, 1.807) is 40.0 Å². The number of aromatic nitrogens is 3. The number of rotatable bonds is 3. The number of carbonyl (C=O) groups is 1. The minimum Gasteiger partial charge on any atom is -0.339 e. The average Bonchev–Trinajstić information content (AvgIpc) is 3.18. The molecule has 0 N–H and O–H groups in total. The lowest BCUT2D eigenvalue weighted by atomic mass is 9.59. The van der Waals surface area contributed by atoms with Gasteiger partial charge in [0.05, 0.1) is 16.8 Å². The predicted octanol–water partition coefficient (Wildman–Crippen LogP) is 2.12. The van der Waals surface area contributed by atoms with E-state index in [-0.39, 0.29) is 18.3 Å². The van der Waals surface area contributed by atoms with Crippen molar-refractivity contribution in [2.75, 3.05) is 0 Å². The first-order valence-corrected chi connectivity index (χ1v) is 10.3. The molecule has 2 aromatic heterocycles. The normalized spacial score (nSPS) is 14.9. The molecule has 0 fully saturated rings. The van der Waals surface area contributed by atoms with E-state index >= 15 is 4.39 Å². The Labute approximate surface area is 181 Å². The van der Waals surface area contributed by atoms with Crippen LogP contribution in [0.3, 0.4) is 0 Å². The second-order valence-electron chi connectivity index (χ2n) is 8.68. The van der Waals surface area contributed by atoms with Crippen LogP contribution in [0.25, 0.3) is 22.0 Å². The van der Waals surface area contributed by atoms with E-state index in [0.717, 1.165) is 33.3 Å². The number of amides is 1. The van der Waals surface area contributed by atoms with E-state index in [4.69, 9.17) is 0 Å². The van der Waals surface area contributed by atoms with Crippen molar-refractivity contribution in [2.45, 2.75) is 18.8 Å². The third kappa shape index (κ3) is 3.05. The summed E-state index contributed by atoms with van der Waals surface area (Å²) < 4.78 is 17.0. The fourth-order valence-corrected chi connectivity index (χ4v) is 4.49. The molecule has 0 saturated carbocycles. The Morgan fingerprint density at radius 3 is 2.68 bits per heavy atom. The number of hydrogen-bond acceptors (Lipinski definition) is 3. The highest BCUT2D eigenvalue weighted by molar-refractivity contribution is 6.42. The van der Waals surface area contributed by atoms with Crippen LogP contribution in [0.4, 0.5) is 4.39 Å². The Hall–Kier alpha value is -3.41. The number of halogens is 1. The third-order valence-corrected chi connectivity index (χ3v) is 6.20. The second-order valence-corrected chi connectivity index (χ2v) is 8.68. The van der Waals surface area contributed by atoms with Crippen molar-refractivity contribution in [1.29, 1.82) is 0 Å². The zero-order valence-electron chi connectivity index (χ0n) is 18.0. The molecule has 8 heteroatoms. The summed E-state index contributed by atoms with van der Waals surface area (Å²) in [5.74, 6) is -0.440. The SMILES string of the molecule is BC1(B)c2ncccc2C(=O)N1Cc1ccc(-c2cc3cn(C)nc3cc2C)cc1F. The summed E-state index contributed by atoms with van der Waals surface area (Å²) in [6.45, 7) is 2.19. The van der Waals surface area contributed by atoms with Gasteiger partial charge in [-0.25, -0.2) is 4.39 Å². The molecule has 31 heavy (non-hydrogen) atoms. The number of fused-ring (bicyclic) bond motifs is 2. The summed E-state index contributed by atoms with van der Waals surface area (Å²) in [6, 6.07) is 12.8. The van der Waals surface area contributed by atoms with Gasteiger partial charge in [-0.3, -0.25) is 14.5 Å². The van der Waals surface area contributed by atoms with Crippen LogP contribution in [0.2, 0.25) is 0 Å². The van der Waals surface area contributed by atoms with Crippen molar-refractivity contribution in [3.8, 4) is 11.1 Å². The number of benzene rings is 2. The van der Waals surface area contributed by atoms with Crippen LogP contribution >= 0.6 is 0 Å². The molecular weight excluding hydrogens is 389 g/mol. The minimum absolute atomic E-state index is 0.116. The molecule has 0 bridgehead atoms. The lowest BCUT2D eigenvalue weighted by molar-refractivity contribution is 0.0729. The lowest BCUT2D eigenvalue weighted by Gasteiger charge is -2.32. The van der Waals surface area contributed by atoms with Crippen LogP contribution in [0.5, 0.6) is 0 Å². The Kier molecular flexibility index (Phi) is 4.29. The molecule has 4 aromatic rings. The molecule has 0 unspecified atom stereocenters. The van der Waals surface area contributed by atoms with E-state index in [0.29, 0.717) is 11.1 Å². The predicted molar refractivity (Wildman–Crippen MR) is 124 cm³/mol. The molecule has 5 nitrogen and oxygen atoms in total. The van der Waals surface area contributed by atoms with Crippen molar-refractivity contribution in [2.24, 2.45) is 7.05 Å². The number of nitrogens with zero attached hydrogens (tertiary/aromatic N) is 4. The maximum absolute atomic E-state index is 15.2. The van der Waals surface area contributed by atoms with Crippen LogP contribution in [0.1, 0.15) is 27.2 Å². The summed E-state index contributed by atoms with van der Waals surface area (Å²) >= 11 is 0.